The van der Waals surface area contributed by atoms with Crippen molar-refractivity contribution < 1.29 is 0 Å². The third-order valence-corrected chi connectivity index (χ3v) is 4.13. The lowest BCUT2D eigenvalue weighted by Gasteiger charge is -2.28. The van der Waals surface area contributed by atoms with Gasteiger partial charge in [-0.15, -0.1) is 0 Å². The minimum absolute atomic E-state index is 0.362. The summed E-state index contributed by atoms with van der Waals surface area (Å²) in [4.78, 5) is 2.64. The van der Waals surface area contributed by atoms with E-state index < -0.39 is 0 Å². The molecule has 2 aliphatic heterocycles. The van der Waals surface area contributed by atoms with Crippen LogP contribution in [0, 0.1) is 6.92 Å². The Bertz CT molecular complexity index is 383. The van der Waals surface area contributed by atoms with Gasteiger partial charge < -0.3 is 0 Å². The highest BCUT2D eigenvalue weighted by atomic mass is 15.2. The monoisotopic (exact) mass is 187 g/mol. The molecule has 2 aliphatic rings. The molecule has 0 saturated carbocycles. The fourth-order valence-corrected chi connectivity index (χ4v) is 3.19. The predicted molar refractivity (Wildman–Crippen MR) is 58.2 cm³/mol. The molecule has 74 valence electrons. The van der Waals surface area contributed by atoms with E-state index in [0.717, 1.165) is 0 Å². The van der Waals surface area contributed by atoms with Crippen molar-refractivity contribution in [2.45, 2.75) is 38.8 Å². The Morgan fingerprint density at radius 1 is 1.36 bits per heavy atom. The summed E-state index contributed by atoms with van der Waals surface area (Å²) in [6, 6.07) is 6.78. The highest BCUT2D eigenvalue weighted by Gasteiger charge is 2.44. The van der Waals surface area contributed by atoms with E-state index in [2.05, 4.69) is 36.9 Å². The molecule has 14 heavy (non-hydrogen) atoms. The smallest absolute Gasteiger partial charge is 0.0439 e. The van der Waals surface area contributed by atoms with Crippen LogP contribution in [0.5, 0.6) is 0 Å². The molecule has 0 N–H and O–H groups in total. The Hall–Kier alpha value is -0.820. The average Bonchev–Trinajstić information content (AvgIpc) is 2.62. The van der Waals surface area contributed by atoms with Gasteiger partial charge in [0.25, 0.3) is 0 Å². The van der Waals surface area contributed by atoms with E-state index in [0.29, 0.717) is 5.54 Å². The lowest BCUT2D eigenvalue weighted by atomic mass is 9.88. The molecule has 0 spiro atoms. The fourth-order valence-electron chi connectivity index (χ4n) is 3.19. The number of aryl methyl sites for hydroxylation is 1. The first-order valence-corrected chi connectivity index (χ1v) is 5.56. The normalized spacial score (nSPS) is 30.4. The minimum Gasteiger partial charge on any atom is -0.290 e. The van der Waals surface area contributed by atoms with Crippen molar-refractivity contribution in [3.05, 3.63) is 34.9 Å². The molecule has 0 amide bonds. The second-order valence-corrected chi connectivity index (χ2v) is 4.90. The van der Waals surface area contributed by atoms with Gasteiger partial charge in [-0.2, -0.15) is 0 Å². The van der Waals surface area contributed by atoms with Crippen LogP contribution in [0.4, 0.5) is 0 Å². The maximum atomic E-state index is 2.64. The number of hydrogen-bond donors (Lipinski definition) is 0. The van der Waals surface area contributed by atoms with Crippen LogP contribution in [0.3, 0.4) is 0 Å². The maximum Gasteiger partial charge on any atom is 0.0439 e. The highest BCUT2D eigenvalue weighted by Crippen LogP contribution is 2.46. The van der Waals surface area contributed by atoms with Crippen LogP contribution in [0.25, 0.3) is 0 Å². The average molecular weight is 187 g/mol. The van der Waals surface area contributed by atoms with Crippen LogP contribution in [0.2, 0.25) is 0 Å². The molecule has 0 radical (unpaired) electrons. The number of hydrogen-bond acceptors (Lipinski definition) is 1. The molecular formula is C13H17N. The molecule has 1 aromatic rings. The minimum atomic E-state index is 0.362. The molecule has 3 rings (SSSR count). The molecule has 1 saturated heterocycles. The molecule has 1 aromatic carbocycles. The van der Waals surface area contributed by atoms with Gasteiger partial charge in [0, 0.05) is 12.1 Å². The highest BCUT2D eigenvalue weighted by molar-refractivity contribution is 5.43. The summed E-state index contributed by atoms with van der Waals surface area (Å²) < 4.78 is 0. The van der Waals surface area contributed by atoms with Crippen molar-refractivity contribution in [2.24, 2.45) is 0 Å². The van der Waals surface area contributed by atoms with Crippen LogP contribution in [0.1, 0.15) is 36.5 Å². The van der Waals surface area contributed by atoms with Crippen LogP contribution in [-0.2, 0) is 12.1 Å². The van der Waals surface area contributed by atoms with E-state index in [1.165, 1.54) is 31.5 Å². The second-order valence-electron chi connectivity index (χ2n) is 4.90. The van der Waals surface area contributed by atoms with Crippen molar-refractivity contribution in [1.82, 2.24) is 4.90 Å². The Kier molecular flexibility index (Phi) is 1.58. The molecular weight excluding hydrogens is 170 g/mol. The summed E-state index contributed by atoms with van der Waals surface area (Å²) in [6.45, 7) is 7.11. The van der Waals surface area contributed by atoms with E-state index >= 15 is 0 Å². The lowest BCUT2D eigenvalue weighted by Crippen LogP contribution is -2.31. The number of rotatable bonds is 0. The van der Waals surface area contributed by atoms with E-state index in [-0.39, 0.29) is 0 Å². The van der Waals surface area contributed by atoms with Gasteiger partial charge in [-0.25, -0.2) is 0 Å². The van der Waals surface area contributed by atoms with Gasteiger partial charge in [0.15, 0.2) is 0 Å². The van der Waals surface area contributed by atoms with E-state index in [1.807, 2.05) is 0 Å². The molecule has 2 heterocycles. The second kappa shape index (κ2) is 2.60. The van der Waals surface area contributed by atoms with Gasteiger partial charge >= 0.3 is 0 Å². The zero-order chi connectivity index (χ0) is 9.76. The lowest BCUT2D eigenvalue weighted by molar-refractivity contribution is 0.178. The number of benzene rings is 1. The van der Waals surface area contributed by atoms with Gasteiger partial charge in [-0.3, -0.25) is 4.90 Å². The largest absolute Gasteiger partial charge is 0.290 e. The third-order valence-electron chi connectivity index (χ3n) is 4.13. The van der Waals surface area contributed by atoms with Crippen molar-refractivity contribution in [3.8, 4) is 0 Å². The fraction of sp³-hybridized carbons (Fsp3) is 0.538. The molecule has 1 atom stereocenters. The maximum absolute atomic E-state index is 2.64. The Labute approximate surface area is 85.7 Å². The van der Waals surface area contributed by atoms with E-state index in [4.69, 9.17) is 0 Å². The van der Waals surface area contributed by atoms with Crippen LogP contribution in [0.15, 0.2) is 18.2 Å². The summed E-state index contributed by atoms with van der Waals surface area (Å²) in [5.41, 5.74) is 5.02. The Morgan fingerprint density at radius 3 is 3.07 bits per heavy atom. The first-order chi connectivity index (χ1) is 6.72. The zero-order valence-electron chi connectivity index (χ0n) is 9.01. The van der Waals surface area contributed by atoms with Gasteiger partial charge in [0.05, 0.1) is 0 Å². The number of nitrogens with zero attached hydrogens (tertiary/aromatic N) is 1. The zero-order valence-corrected chi connectivity index (χ0v) is 9.01. The van der Waals surface area contributed by atoms with Crippen LogP contribution in [-0.4, -0.2) is 11.4 Å². The first-order valence-electron chi connectivity index (χ1n) is 5.56. The predicted octanol–water partition coefficient (Wildman–Crippen LogP) is 2.82. The third kappa shape index (κ3) is 0.885. The summed E-state index contributed by atoms with van der Waals surface area (Å²) in [5.74, 6) is 0. The SMILES string of the molecule is Cc1cccc2c1CN1CCCC21C. The summed E-state index contributed by atoms with van der Waals surface area (Å²) in [5, 5.41) is 0. The Balaban J connectivity index is 2.20. The Morgan fingerprint density at radius 2 is 2.21 bits per heavy atom. The van der Waals surface area contributed by atoms with Crippen molar-refractivity contribution in [3.63, 3.8) is 0 Å². The molecule has 1 nitrogen and oxygen atoms in total. The molecule has 1 fully saturated rings. The van der Waals surface area contributed by atoms with Gasteiger partial charge in [0.1, 0.15) is 0 Å². The van der Waals surface area contributed by atoms with Gasteiger partial charge in [-0.05, 0) is 49.9 Å². The standard InChI is InChI=1S/C13H17N/c1-10-5-3-6-12-11(10)9-14-8-4-7-13(12,14)2/h3,5-6H,4,7-9H2,1-2H3. The summed E-state index contributed by atoms with van der Waals surface area (Å²) in [6.07, 6.45) is 2.70. The summed E-state index contributed by atoms with van der Waals surface area (Å²) in [7, 11) is 0. The van der Waals surface area contributed by atoms with E-state index in [1.54, 1.807) is 11.1 Å². The van der Waals surface area contributed by atoms with Crippen molar-refractivity contribution >= 4 is 0 Å². The molecule has 0 aromatic heterocycles. The van der Waals surface area contributed by atoms with Gasteiger partial charge in [0.2, 0.25) is 0 Å². The molecule has 0 aliphatic carbocycles. The quantitative estimate of drug-likeness (QED) is 0.603. The van der Waals surface area contributed by atoms with Gasteiger partial charge in [-0.1, -0.05) is 18.2 Å². The van der Waals surface area contributed by atoms with Crippen LogP contribution >= 0.6 is 0 Å². The molecule has 0 bridgehead atoms. The summed E-state index contributed by atoms with van der Waals surface area (Å²) >= 11 is 0. The van der Waals surface area contributed by atoms with E-state index in [9.17, 15) is 0 Å². The van der Waals surface area contributed by atoms with Crippen molar-refractivity contribution in [1.29, 1.82) is 0 Å². The topological polar surface area (TPSA) is 3.24 Å². The van der Waals surface area contributed by atoms with Crippen molar-refractivity contribution in [2.75, 3.05) is 6.54 Å². The first kappa shape index (κ1) is 8.49. The van der Waals surface area contributed by atoms with Crippen LogP contribution < -0.4 is 0 Å². The molecule has 1 unspecified atom stereocenters. The molecule has 1 heteroatoms. The number of fused-ring (bicyclic) bond motifs is 3.